The Morgan fingerprint density at radius 1 is 1.14 bits per heavy atom. The Balaban J connectivity index is 2.16. The molecule has 0 unspecified atom stereocenters. The number of hydrogen-bond acceptors (Lipinski definition) is 3. The number of nitrogens with one attached hydrogen (secondary N) is 1. The van der Waals surface area contributed by atoms with Crippen LogP contribution in [0.1, 0.15) is 11.1 Å². The lowest BCUT2D eigenvalue weighted by Crippen LogP contribution is -2.15. The molecule has 0 bridgehead atoms. The Kier molecular flexibility index (Phi) is 5.27. The third kappa shape index (κ3) is 4.71. The maximum Gasteiger partial charge on any atom is 0.236 e. The zero-order valence-corrected chi connectivity index (χ0v) is 14.0. The Hall–Kier alpha value is -1.08. The van der Waals surface area contributed by atoms with E-state index < -0.39 is 10.0 Å². The second kappa shape index (κ2) is 6.79. The summed E-state index contributed by atoms with van der Waals surface area (Å²) < 4.78 is 27.4. The molecule has 0 fully saturated rings. The van der Waals surface area contributed by atoms with E-state index in [1.54, 1.807) is 36.4 Å². The van der Waals surface area contributed by atoms with Crippen LogP contribution in [-0.2, 0) is 22.4 Å². The van der Waals surface area contributed by atoms with Crippen LogP contribution in [-0.4, -0.2) is 13.5 Å². The Morgan fingerprint density at radius 2 is 1.86 bits per heavy atom. The zero-order chi connectivity index (χ0) is 15.5. The van der Waals surface area contributed by atoms with Crippen LogP contribution in [0.15, 0.2) is 46.9 Å². The number of anilines is 1. The van der Waals surface area contributed by atoms with Gasteiger partial charge in [-0.15, -0.1) is 0 Å². The predicted octanol–water partition coefficient (Wildman–Crippen LogP) is 3.54. The highest BCUT2D eigenvalue weighted by Crippen LogP contribution is 2.26. The molecule has 2 N–H and O–H groups in total. The van der Waals surface area contributed by atoms with Crippen LogP contribution in [0.25, 0.3) is 0 Å². The average Bonchev–Trinajstić information content (AvgIpc) is 2.42. The number of aliphatic hydroxyl groups is 1. The van der Waals surface area contributed by atoms with E-state index in [0.717, 1.165) is 0 Å². The van der Waals surface area contributed by atoms with Gasteiger partial charge in [0.1, 0.15) is 0 Å². The summed E-state index contributed by atoms with van der Waals surface area (Å²) in [4.78, 5) is 0. The second-order valence-corrected chi connectivity index (χ2v) is 7.45. The van der Waals surface area contributed by atoms with E-state index >= 15 is 0 Å². The van der Waals surface area contributed by atoms with E-state index in [2.05, 4.69) is 20.7 Å². The van der Waals surface area contributed by atoms with Gasteiger partial charge in [-0.05, 0) is 45.3 Å². The predicted molar refractivity (Wildman–Crippen MR) is 87.8 cm³/mol. The van der Waals surface area contributed by atoms with Crippen molar-refractivity contribution in [3.8, 4) is 0 Å². The van der Waals surface area contributed by atoms with Crippen molar-refractivity contribution in [3.05, 3.63) is 63.1 Å². The highest BCUT2D eigenvalue weighted by atomic mass is 79.9. The smallest absolute Gasteiger partial charge is 0.236 e. The number of rotatable bonds is 5. The first kappa shape index (κ1) is 16.3. The van der Waals surface area contributed by atoms with Gasteiger partial charge in [0.15, 0.2) is 0 Å². The van der Waals surface area contributed by atoms with Gasteiger partial charge in [0.25, 0.3) is 0 Å². The molecule has 21 heavy (non-hydrogen) atoms. The Labute approximate surface area is 136 Å². The molecule has 2 rings (SSSR count). The van der Waals surface area contributed by atoms with E-state index in [9.17, 15) is 8.42 Å². The quantitative estimate of drug-likeness (QED) is 0.820. The van der Waals surface area contributed by atoms with Gasteiger partial charge in [0.2, 0.25) is 10.0 Å². The minimum Gasteiger partial charge on any atom is -0.392 e. The number of aliphatic hydroxyl groups excluding tert-OH is 1. The molecule has 0 atom stereocenters. The first-order chi connectivity index (χ1) is 9.89. The number of sulfonamides is 1. The molecule has 0 aliphatic rings. The van der Waals surface area contributed by atoms with Crippen LogP contribution in [0.3, 0.4) is 0 Å². The van der Waals surface area contributed by atoms with E-state index in [4.69, 9.17) is 16.7 Å². The Bertz CT molecular complexity index is 750. The molecule has 0 saturated carbocycles. The average molecular weight is 391 g/mol. The standard InChI is InChI=1S/C14H13BrClNO3S/c15-13-5-4-12(7-14(13)16)17-21(19,20)9-11-3-1-2-10(6-11)8-18/h1-7,17-18H,8-9H2. The minimum absolute atomic E-state index is 0.121. The molecular formula is C14H13BrClNO3S. The first-order valence-electron chi connectivity index (χ1n) is 6.04. The summed E-state index contributed by atoms with van der Waals surface area (Å²) in [6.07, 6.45) is 0. The van der Waals surface area contributed by atoms with Gasteiger partial charge in [-0.3, -0.25) is 4.72 Å². The molecule has 2 aromatic carbocycles. The fraction of sp³-hybridized carbons (Fsp3) is 0.143. The van der Waals surface area contributed by atoms with Gasteiger partial charge >= 0.3 is 0 Å². The molecule has 0 spiro atoms. The van der Waals surface area contributed by atoms with Gasteiger partial charge in [-0.1, -0.05) is 35.9 Å². The molecule has 0 aliphatic heterocycles. The highest BCUT2D eigenvalue weighted by molar-refractivity contribution is 9.10. The van der Waals surface area contributed by atoms with E-state index in [1.165, 1.54) is 6.07 Å². The summed E-state index contributed by atoms with van der Waals surface area (Å²) >= 11 is 9.18. The summed E-state index contributed by atoms with van der Waals surface area (Å²) in [5, 5.41) is 9.50. The van der Waals surface area contributed by atoms with E-state index in [1.807, 2.05) is 0 Å². The lowest BCUT2D eigenvalue weighted by Gasteiger charge is -2.09. The molecule has 7 heteroatoms. The summed E-state index contributed by atoms with van der Waals surface area (Å²) in [5.41, 5.74) is 1.69. The summed E-state index contributed by atoms with van der Waals surface area (Å²) in [5.74, 6) is -0.172. The lowest BCUT2D eigenvalue weighted by atomic mass is 10.1. The molecule has 0 aromatic heterocycles. The molecule has 0 saturated heterocycles. The summed E-state index contributed by atoms with van der Waals surface area (Å²) in [6.45, 7) is -0.121. The lowest BCUT2D eigenvalue weighted by molar-refractivity contribution is 0.282. The third-order valence-corrected chi connectivity index (χ3v) is 5.22. The minimum atomic E-state index is -3.55. The van der Waals surface area contributed by atoms with E-state index in [0.29, 0.717) is 26.3 Å². The van der Waals surface area contributed by atoms with Crippen LogP contribution in [0.2, 0.25) is 5.02 Å². The second-order valence-electron chi connectivity index (χ2n) is 4.47. The van der Waals surface area contributed by atoms with Crippen molar-refractivity contribution < 1.29 is 13.5 Å². The highest BCUT2D eigenvalue weighted by Gasteiger charge is 2.13. The van der Waals surface area contributed by atoms with Crippen molar-refractivity contribution in [2.45, 2.75) is 12.4 Å². The normalized spacial score (nSPS) is 11.4. The van der Waals surface area contributed by atoms with Crippen LogP contribution >= 0.6 is 27.5 Å². The van der Waals surface area contributed by atoms with Crippen molar-refractivity contribution in [1.82, 2.24) is 0 Å². The third-order valence-electron chi connectivity index (χ3n) is 2.72. The Morgan fingerprint density at radius 3 is 2.52 bits per heavy atom. The molecule has 0 amide bonds. The van der Waals surface area contributed by atoms with Crippen LogP contribution in [0.4, 0.5) is 5.69 Å². The number of halogens is 2. The van der Waals surface area contributed by atoms with Gasteiger partial charge in [0, 0.05) is 4.47 Å². The molecule has 0 aliphatic carbocycles. The van der Waals surface area contributed by atoms with Crippen LogP contribution in [0.5, 0.6) is 0 Å². The van der Waals surface area contributed by atoms with Crippen molar-refractivity contribution in [3.63, 3.8) is 0 Å². The first-order valence-corrected chi connectivity index (χ1v) is 8.86. The number of benzene rings is 2. The number of hydrogen-bond donors (Lipinski definition) is 2. The molecule has 4 nitrogen and oxygen atoms in total. The molecule has 0 radical (unpaired) electrons. The van der Waals surface area contributed by atoms with Crippen molar-refractivity contribution >= 4 is 43.2 Å². The monoisotopic (exact) mass is 389 g/mol. The zero-order valence-electron chi connectivity index (χ0n) is 10.9. The fourth-order valence-corrected chi connectivity index (χ4v) is 3.42. The maximum atomic E-state index is 12.1. The molecule has 2 aromatic rings. The molecule has 112 valence electrons. The van der Waals surface area contributed by atoms with Gasteiger partial charge in [-0.25, -0.2) is 8.42 Å². The van der Waals surface area contributed by atoms with Crippen molar-refractivity contribution in [2.24, 2.45) is 0 Å². The van der Waals surface area contributed by atoms with Gasteiger partial charge < -0.3 is 5.11 Å². The molecular weight excluding hydrogens is 378 g/mol. The van der Waals surface area contributed by atoms with Gasteiger partial charge in [0.05, 0.1) is 23.1 Å². The van der Waals surface area contributed by atoms with Gasteiger partial charge in [-0.2, -0.15) is 0 Å². The van der Waals surface area contributed by atoms with Crippen molar-refractivity contribution in [2.75, 3.05) is 4.72 Å². The maximum absolute atomic E-state index is 12.1. The van der Waals surface area contributed by atoms with Crippen molar-refractivity contribution in [1.29, 1.82) is 0 Å². The van der Waals surface area contributed by atoms with Crippen LogP contribution in [0, 0.1) is 0 Å². The molecule has 0 heterocycles. The fourth-order valence-electron chi connectivity index (χ4n) is 1.81. The summed E-state index contributed by atoms with van der Waals surface area (Å²) in [6, 6.07) is 11.6. The summed E-state index contributed by atoms with van der Waals surface area (Å²) in [7, 11) is -3.55. The van der Waals surface area contributed by atoms with Crippen LogP contribution < -0.4 is 4.72 Å². The topological polar surface area (TPSA) is 66.4 Å². The van der Waals surface area contributed by atoms with E-state index in [-0.39, 0.29) is 12.4 Å². The largest absolute Gasteiger partial charge is 0.392 e. The SMILES string of the molecule is O=S(=O)(Cc1cccc(CO)c1)Nc1ccc(Br)c(Cl)c1.